The van der Waals surface area contributed by atoms with Crippen molar-refractivity contribution in [3.63, 3.8) is 0 Å². The molecule has 1 aromatic heterocycles. The van der Waals surface area contributed by atoms with Gasteiger partial charge in [-0.25, -0.2) is 0 Å². The minimum absolute atomic E-state index is 0.183. The van der Waals surface area contributed by atoms with Gasteiger partial charge in [-0.3, -0.25) is 14.6 Å². The van der Waals surface area contributed by atoms with E-state index < -0.39 is 5.91 Å². The molecule has 1 heterocycles. The predicted molar refractivity (Wildman–Crippen MR) is 57.9 cm³/mol. The Balaban J connectivity index is 2.51. The molecule has 3 N–H and O–H groups in total. The molecule has 6 heteroatoms. The second-order valence-electron chi connectivity index (χ2n) is 3.05. The minimum Gasteiger partial charge on any atom is -0.469 e. The van der Waals surface area contributed by atoms with Gasteiger partial charge in [0.05, 0.1) is 13.5 Å². The summed E-state index contributed by atoms with van der Waals surface area (Å²) in [6.45, 7) is 0.425. The quantitative estimate of drug-likeness (QED) is 0.693. The number of rotatable bonds is 5. The highest BCUT2D eigenvalue weighted by atomic mass is 16.5. The SMILES string of the molecule is COC(=O)CCNc1ccnc(C(N)=O)c1. The third-order valence-corrected chi connectivity index (χ3v) is 1.90. The molecule has 1 aromatic rings. The standard InChI is InChI=1S/C10H13N3O3/c1-16-9(14)3-5-12-7-2-4-13-8(6-7)10(11)15/h2,4,6H,3,5H2,1H3,(H2,11,15)(H,12,13). The van der Waals surface area contributed by atoms with Crippen molar-refractivity contribution < 1.29 is 14.3 Å². The molecule has 1 rings (SSSR count). The van der Waals surface area contributed by atoms with Crippen LogP contribution in [0, 0.1) is 0 Å². The van der Waals surface area contributed by atoms with Crippen molar-refractivity contribution in [2.45, 2.75) is 6.42 Å². The van der Waals surface area contributed by atoms with Crippen LogP contribution < -0.4 is 11.1 Å². The highest BCUT2D eigenvalue weighted by Crippen LogP contribution is 2.07. The Morgan fingerprint density at radius 1 is 1.56 bits per heavy atom. The number of carbonyl (C=O) groups is 2. The molecule has 0 radical (unpaired) electrons. The van der Waals surface area contributed by atoms with Crippen LogP contribution in [-0.2, 0) is 9.53 Å². The molecule has 86 valence electrons. The molecule has 0 spiro atoms. The first-order chi connectivity index (χ1) is 7.63. The van der Waals surface area contributed by atoms with Crippen LogP contribution in [0.15, 0.2) is 18.3 Å². The minimum atomic E-state index is -0.586. The molecule has 16 heavy (non-hydrogen) atoms. The van der Waals surface area contributed by atoms with Crippen molar-refractivity contribution in [1.29, 1.82) is 0 Å². The van der Waals surface area contributed by atoms with Gasteiger partial charge in [0.2, 0.25) is 0 Å². The zero-order valence-electron chi connectivity index (χ0n) is 8.90. The third-order valence-electron chi connectivity index (χ3n) is 1.90. The Hall–Kier alpha value is -2.11. The van der Waals surface area contributed by atoms with Crippen LogP contribution in [0.2, 0.25) is 0 Å². The van der Waals surface area contributed by atoms with Crippen molar-refractivity contribution in [3.05, 3.63) is 24.0 Å². The Kier molecular flexibility index (Phi) is 4.26. The number of primary amides is 1. The first-order valence-electron chi connectivity index (χ1n) is 4.70. The molecule has 0 unspecified atom stereocenters. The number of nitrogens with two attached hydrogens (primary N) is 1. The number of carbonyl (C=O) groups excluding carboxylic acids is 2. The molecular formula is C10H13N3O3. The Labute approximate surface area is 92.8 Å². The maximum absolute atomic E-state index is 10.8. The normalized spacial score (nSPS) is 9.56. The molecule has 0 fully saturated rings. The molecular weight excluding hydrogens is 210 g/mol. The van der Waals surface area contributed by atoms with Crippen LogP contribution in [0.5, 0.6) is 0 Å². The van der Waals surface area contributed by atoms with Crippen molar-refractivity contribution in [1.82, 2.24) is 4.98 Å². The number of esters is 1. The van der Waals surface area contributed by atoms with Crippen LogP contribution >= 0.6 is 0 Å². The van der Waals surface area contributed by atoms with Gasteiger partial charge in [-0.2, -0.15) is 0 Å². The number of ether oxygens (including phenoxy) is 1. The maximum atomic E-state index is 10.8. The fraction of sp³-hybridized carbons (Fsp3) is 0.300. The van der Waals surface area contributed by atoms with E-state index in [9.17, 15) is 9.59 Å². The van der Waals surface area contributed by atoms with Gasteiger partial charge in [-0.1, -0.05) is 0 Å². The molecule has 0 bridgehead atoms. The molecule has 0 aliphatic rings. The van der Waals surface area contributed by atoms with Gasteiger partial charge in [-0.05, 0) is 12.1 Å². The van der Waals surface area contributed by atoms with E-state index in [4.69, 9.17) is 5.73 Å². The van der Waals surface area contributed by atoms with E-state index in [1.807, 2.05) is 0 Å². The first kappa shape index (κ1) is 12.0. The molecule has 0 aliphatic heterocycles. The van der Waals surface area contributed by atoms with Crippen LogP contribution in [-0.4, -0.2) is 30.5 Å². The number of nitrogens with zero attached hydrogens (tertiary/aromatic N) is 1. The van der Waals surface area contributed by atoms with Crippen LogP contribution in [0.4, 0.5) is 5.69 Å². The highest BCUT2D eigenvalue weighted by molar-refractivity contribution is 5.91. The monoisotopic (exact) mass is 223 g/mol. The van der Waals surface area contributed by atoms with Crippen molar-refractivity contribution >= 4 is 17.6 Å². The van der Waals surface area contributed by atoms with Crippen LogP contribution in [0.25, 0.3) is 0 Å². The number of nitrogens with one attached hydrogen (secondary N) is 1. The van der Waals surface area contributed by atoms with Gasteiger partial charge < -0.3 is 15.8 Å². The van der Waals surface area contributed by atoms with E-state index in [2.05, 4.69) is 15.0 Å². The average molecular weight is 223 g/mol. The number of hydrogen-bond donors (Lipinski definition) is 2. The number of pyridine rings is 1. The van der Waals surface area contributed by atoms with Crippen molar-refractivity contribution in [2.24, 2.45) is 5.73 Å². The Morgan fingerprint density at radius 2 is 2.31 bits per heavy atom. The fourth-order valence-electron chi connectivity index (χ4n) is 1.09. The summed E-state index contributed by atoms with van der Waals surface area (Å²) in [6, 6.07) is 3.21. The van der Waals surface area contributed by atoms with E-state index in [1.54, 1.807) is 6.07 Å². The van der Waals surface area contributed by atoms with Crippen LogP contribution in [0.1, 0.15) is 16.9 Å². The van der Waals surface area contributed by atoms with E-state index in [-0.39, 0.29) is 18.1 Å². The Morgan fingerprint density at radius 3 is 2.94 bits per heavy atom. The Bertz CT molecular complexity index is 393. The molecule has 0 atom stereocenters. The molecule has 1 amide bonds. The predicted octanol–water partition coefficient (Wildman–Crippen LogP) is 0.155. The lowest BCUT2D eigenvalue weighted by atomic mass is 10.3. The first-order valence-corrected chi connectivity index (χ1v) is 4.70. The fourth-order valence-corrected chi connectivity index (χ4v) is 1.09. The summed E-state index contributed by atoms with van der Waals surface area (Å²) in [5, 5.41) is 2.96. The third kappa shape index (κ3) is 3.56. The van der Waals surface area contributed by atoms with Gasteiger partial charge >= 0.3 is 5.97 Å². The van der Waals surface area contributed by atoms with E-state index in [0.29, 0.717) is 12.2 Å². The lowest BCUT2D eigenvalue weighted by Crippen LogP contribution is -2.14. The number of aromatic nitrogens is 1. The second kappa shape index (κ2) is 5.69. The molecule has 0 aliphatic carbocycles. The molecule has 0 saturated heterocycles. The maximum Gasteiger partial charge on any atom is 0.307 e. The largest absolute Gasteiger partial charge is 0.469 e. The number of hydrogen-bond acceptors (Lipinski definition) is 5. The summed E-state index contributed by atoms with van der Waals surface area (Å²) in [4.78, 5) is 25.5. The lowest BCUT2D eigenvalue weighted by molar-refractivity contribution is -0.140. The molecule has 0 saturated carbocycles. The van der Waals surface area contributed by atoms with Gasteiger partial charge in [0.1, 0.15) is 5.69 Å². The van der Waals surface area contributed by atoms with Crippen molar-refractivity contribution in [2.75, 3.05) is 19.0 Å². The summed E-state index contributed by atoms with van der Waals surface area (Å²) in [5.41, 5.74) is 5.95. The van der Waals surface area contributed by atoms with Crippen molar-refractivity contribution in [3.8, 4) is 0 Å². The lowest BCUT2D eigenvalue weighted by Gasteiger charge is -2.05. The molecule has 0 aromatic carbocycles. The molecule has 6 nitrogen and oxygen atoms in total. The average Bonchev–Trinajstić information content (AvgIpc) is 2.29. The summed E-state index contributed by atoms with van der Waals surface area (Å²) < 4.78 is 4.48. The summed E-state index contributed by atoms with van der Waals surface area (Å²) in [6.07, 6.45) is 1.73. The summed E-state index contributed by atoms with van der Waals surface area (Å²) >= 11 is 0. The topological polar surface area (TPSA) is 94.3 Å². The van der Waals surface area contributed by atoms with Gasteiger partial charge in [0.15, 0.2) is 0 Å². The van der Waals surface area contributed by atoms with E-state index in [0.717, 1.165) is 0 Å². The highest BCUT2D eigenvalue weighted by Gasteiger charge is 2.03. The zero-order chi connectivity index (χ0) is 12.0. The van der Waals surface area contributed by atoms with E-state index >= 15 is 0 Å². The summed E-state index contributed by atoms with van der Waals surface area (Å²) in [7, 11) is 1.33. The second-order valence-corrected chi connectivity index (χ2v) is 3.05. The van der Waals surface area contributed by atoms with E-state index in [1.165, 1.54) is 19.4 Å². The summed E-state index contributed by atoms with van der Waals surface area (Å²) in [5.74, 6) is -0.881. The number of anilines is 1. The van der Waals surface area contributed by atoms with Crippen LogP contribution in [0.3, 0.4) is 0 Å². The van der Waals surface area contributed by atoms with Gasteiger partial charge in [-0.15, -0.1) is 0 Å². The zero-order valence-corrected chi connectivity index (χ0v) is 8.90. The number of methoxy groups -OCH3 is 1. The smallest absolute Gasteiger partial charge is 0.307 e. The van der Waals surface area contributed by atoms with Gasteiger partial charge in [0.25, 0.3) is 5.91 Å². The number of amides is 1. The van der Waals surface area contributed by atoms with Gasteiger partial charge in [0, 0.05) is 18.4 Å².